The molecule has 2 heterocycles. The highest BCUT2D eigenvalue weighted by Crippen LogP contribution is 2.33. The van der Waals surface area contributed by atoms with E-state index >= 15 is 0 Å². The van der Waals surface area contributed by atoms with Gasteiger partial charge in [0.05, 0.1) is 6.04 Å². The Hall–Kier alpha value is -2.00. The fourth-order valence-corrected chi connectivity index (χ4v) is 5.72. The first-order valence-electron chi connectivity index (χ1n) is 11.3. The van der Waals surface area contributed by atoms with Gasteiger partial charge in [0.2, 0.25) is 0 Å². The SMILES string of the molecule is O=C([C@H](O)[C@@H](O)C(=S)NCc1cc(Cc2ccccc2Cl)cs1)N1CCCC1c1cccc(Cl)c1. The van der Waals surface area contributed by atoms with Crippen molar-refractivity contribution in [2.24, 2.45) is 0 Å². The summed E-state index contributed by atoms with van der Waals surface area (Å²) in [5.74, 6) is -0.540. The van der Waals surface area contributed by atoms with Gasteiger partial charge in [-0.3, -0.25) is 4.79 Å². The van der Waals surface area contributed by atoms with Crippen LogP contribution >= 0.6 is 46.8 Å². The Bertz CT molecular complexity index is 1200. The molecule has 0 bridgehead atoms. The molecule has 0 saturated carbocycles. The van der Waals surface area contributed by atoms with E-state index in [-0.39, 0.29) is 11.0 Å². The minimum absolute atomic E-state index is 0.0328. The third kappa shape index (κ3) is 6.42. The molecule has 2 aromatic carbocycles. The fourth-order valence-electron chi connectivity index (χ4n) is 4.29. The van der Waals surface area contributed by atoms with Crippen molar-refractivity contribution in [3.05, 3.63) is 91.6 Å². The number of amides is 1. The van der Waals surface area contributed by atoms with E-state index in [4.69, 9.17) is 35.4 Å². The molecule has 1 saturated heterocycles. The first-order chi connectivity index (χ1) is 16.8. The van der Waals surface area contributed by atoms with Crippen LogP contribution in [0.25, 0.3) is 0 Å². The maximum atomic E-state index is 13.0. The summed E-state index contributed by atoms with van der Waals surface area (Å²) in [7, 11) is 0. The molecule has 1 unspecified atom stereocenters. The second kappa shape index (κ2) is 11.8. The third-order valence-electron chi connectivity index (χ3n) is 6.09. The van der Waals surface area contributed by atoms with Crippen molar-refractivity contribution in [2.75, 3.05) is 6.54 Å². The van der Waals surface area contributed by atoms with Crippen LogP contribution in [0.15, 0.2) is 60.0 Å². The molecule has 4 rings (SSSR count). The number of thiophene rings is 1. The second-order valence-corrected chi connectivity index (χ2v) is 10.8. The van der Waals surface area contributed by atoms with Crippen LogP contribution in [0.3, 0.4) is 0 Å². The summed E-state index contributed by atoms with van der Waals surface area (Å²) < 4.78 is 0. The number of aliphatic hydroxyl groups is 2. The highest BCUT2D eigenvalue weighted by Gasteiger charge is 2.37. The van der Waals surface area contributed by atoms with Crippen LogP contribution in [0.1, 0.15) is 40.5 Å². The van der Waals surface area contributed by atoms with E-state index in [1.807, 2.05) is 42.5 Å². The zero-order valence-electron chi connectivity index (χ0n) is 18.9. The highest BCUT2D eigenvalue weighted by molar-refractivity contribution is 7.80. The van der Waals surface area contributed by atoms with Crippen LogP contribution in [-0.4, -0.2) is 44.8 Å². The van der Waals surface area contributed by atoms with Crippen molar-refractivity contribution >= 4 is 57.7 Å². The number of nitrogens with zero attached hydrogens (tertiary/aromatic N) is 1. The zero-order valence-corrected chi connectivity index (χ0v) is 22.0. The first-order valence-corrected chi connectivity index (χ1v) is 13.4. The lowest BCUT2D eigenvalue weighted by Crippen LogP contribution is -2.49. The van der Waals surface area contributed by atoms with Crippen LogP contribution in [0.5, 0.6) is 0 Å². The molecule has 0 radical (unpaired) electrons. The number of nitrogens with one attached hydrogen (secondary N) is 1. The molecule has 184 valence electrons. The minimum Gasteiger partial charge on any atom is -0.383 e. The van der Waals surface area contributed by atoms with Gasteiger partial charge in [0.25, 0.3) is 5.91 Å². The van der Waals surface area contributed by atoms with Crippen LogP contribution in [0, 0.1) is 0 Å². The van der Waals surface area contributed by atoms with Gasteiger partial charge >= 0.3 is 0 Å². The normalized spacial score (nSPS) is 17.3. The maximum absolute atomic E-state index is 13.0. The average molecular weight is 550 g/mol. The summed E-state index contributed by atoms with van der Waals surface area (Å²) >= 11 is 19.2. The van der Waals surface area contributed by atoms with Crippen molar-refractivity contribution in [1.82, 2.24) is 10.2 Å². The van der Waals surface area contributed by atoms with Gasteiger partial charge in [-0.2, -0.15) is 0 Å². The van der Waals surface area contributed by atoms with Gasteiger partial charge in [-0.25, -0.2) is 0 Å². The Balaban J connectivity index is 1.32. The lowest BCUT2D eigenvalue weighted by Gasteiger charge is -2.29. The molecule has 3 aromatic rings. The molecule has 0 spiro atoms. The Labute approximate surface area is 224 Å². The van der Waals surface area contributed by atoms with Gasteiger partial charge in [0.1, 0.15) is 11.1 Å². The summed E-state index contributed by atoms with van der Waals surface area (Å²) in [6.07, 6.45) is -0.842. The molecule has 1 aliphatic heterocycles. The number of hydrogen-bond acceptors (Lipinski definition) is 5. The van der Waals surface area contributed by atoms with Gasteiger partial charge in [0, 0.05) is 28.0 Å². The van der Waals surface area contributed by atoms with Crippen molar-refractivity contribution in [2.45, 2.75) is 44.1 Å². The molecule has 1 amide bonds. The summed E-state index contributed by atoms with van der Waals surface area (Å²) in [5, 5.41) is 27.6. The monoisotopic (exact) mass is 548 g/mol. The summed E-state index contributed by atoms with van der Waals surface area (Å²) in [6, 6.07) is 17.0. The summed E-state index contributed by atoms with van der Waals surface area (Å²) in [4.78, 5) is 15.7. The quantitative estimate of drug-likeness (QED) is 0.339. The van der Waals surface area contributed by atoms with E-state index in [1.165, 1.54) is 0 Å². The lowest BCUT2D eigenvalue weighted by atomic mass is 10.0. The number of likely N-dealkylation sites (tertiary alicyclic amines) is 1. The van der Waals surface area contributed by atoms with E-state index in [1.54, 1.807) is 22.3 Å². The van der Waals surface area contributed by atoms with E-state index in [2.05, 4.69) is 16.8 Å². The molecular formula is C26H26Cl2N2O3S2. The number of halogens is 2. The van der Waals surface area contributed by atoms with Crippen LogP contribution in [-0.2, 0) is 17.8 Å². The molecule has 0 aliphatic carbocycles. The molecule has 3 N–H and O–H groups in total. The molecule has 35 heavy (non-hydrogen) atoms. The van der Waals surface area contributed by atoms with Gasteiger partial charge in [-0.15, -0.1) is 11.3 Å². The van der Waals surface area contributed by atoms with Crippen molar-refractivity contribution in [3.63, 3.8) is 0 Å². The number of hydrogen-bond donors (Lipinski definition) is 3. The van der Waals surface area contributed by atoms with Crippen LogP contribution < -0.4 is 5.32 Å². The van der Waals surface area contributed by atoms with Gasteiger partial charge < -0.3 is 20.4 Å². The predicted molar refractivity (Wildman–Crippen MR) is 145 cm³/mol. The predicted octanol–water partition coefficient (Wildman–Crippen LogP) is 5.15. The van der Waals surface area contributed by atoms with Crippen LogP contribution in [0.4, 0.5) is 0 Å². The smallest absolute Gasteiger partial charge is 0.255 e. The first kappa shape index (κ1) is 26.1. The van der Waals surface area contributed by atoms with Gasteiger partial charge in [-0.05, 0) is 65.6 Å². The average Bonchev–Trinajstić information content (AvgIpc) is 3.52. The minimum atomic E-state index is -1.64. The number of carbonyl (C=O) groups is 1. The molecule has 1 aliphatic rings. The van der Waals surface area contributed by atoms with E-state index in [0.29, 0.717) is 18.1 Å². The maximum Gasteiger partial charge on any atom is 0.255 e. The van der Waals surface area contributed by atoms with Gasteiger partial charge in [0.15, 0.2) is 6.10 Å². The Morgan fingerprint density at radius 2 is 1.94 bits per heavy atom. The van der Waals surface area contributed by atoms with E-state index < -0.39 is 18.1 Å². The number of carbonyl (C=O) groups excluding carboxylic acids is 1. The molecular weight excluding hydrogens is 523 g/mol. The Kier molecular flexibility index (Phi) is 8.81. The lowest BCUT2D eigenvalue weighted by molar-refractivity contribution is -0.144. The molecule has 1 aromatic heterocycles. The zero-order chi connectivity index (χ0) is 24.9. The van der Waals surface area contributed by atoms with E-state index in [9.17, 15) is 15.0 Å². The summed E-state index contributed by atoms with van der Waals surface area (Å²) in [5.41, 5.74) is 3.09. The number of thiocarbonyl (C=S) groups is 1. The molecule has 3 atom stereocenters. The standard InChI is InChI=1S/C26H26Cl2N2O3S2/c27-19-7-3-6-18(13-19)22-9-4-10-30(22)26(33)24(32)23(31)25(34)29-14-20-12-16(15-35-20)11-17-5-1-2-8-21(17)28/h1-3,5-8,12-13,15,22-24,31-32H,4,9-11,14H2,(H,29,34)/t22?,23-,24-/m1/s1. The second-order valence-electron chi connectivity index (χ2n) is 8.54. The number of aliphatic hydroxyl groups excluding tert-OH is 2. The fraction of sp³-hybridized carbons (Fsp3) is 0.308. The third-order valence-corrected chi connectivity index (χ3v) is 8.06. The Morgan fingerprint density at radius 3 is 2.71 bits per heavy atom. The topological polar surface area (TPSA) is 72.8 Å². The Morgan fingerprint density at radius 1 is 1.14 bits per heavy atom. The van der Waals surface area contributed by atoms with Crippen molar-refractivity contribution < 1.29 is 15.0 Å². The van der Waals surface area contributed by atoms with E-state index in [0.717, 1.165) is 45.9 Å². The summed E-state index contributed by atoms with van der Waals surface area (Å²) in [6.45, 7) is 0.891. The number of benzene rings is 2. The highest BCUT2D eigenvalue weighted by atomic mass is 35.5. The molecule has 9 heteroatoms. The molecule has 1 fully saturated rings. The van der Waals surface area contributed by atoms with Gasteiger partial charge in [-0.1, -0.05) is 65.8 Å². The number of rotatable bonds is 8. The van der Waals surface area contributed by atoms with Crippen molar-refractivity contribution in [3.8, 4) is 0 Å². The van der Waals surface area contributed by atoms with Crippen LogP contribution in [0.2, 0.25) is 10.0 Å². The largest absolute Gasteiger partial charge is 0.383 e. The molecule has 5 nitrogen and oxygen atoms in total. The van der Waals surface area contributed by atoms with Crippen molar-refractivity contribution in [1.29, 1.82) is 0 Å².